The van der Waals surface area contributed by atoms with Crippen LogP contribution in [0.5, 0.6) is 5.75 Å². The molecule has 3 amide bonds. The van der Waals surface area contributed by atoms with Crippen molar-refractivity contribution in [2.75, 3.05) is 36.5 Å². The number of nitrogens with one attached hydrogen (secondary N) is 1. The molecule has 0 radical (unpaired) electrons. The third kappa shape index (κ3) is 4.79. The Balaban J connectivity index is 1.63. The average Bonchev–Trinajstić information content (AvgIpc) is 3.02. The van der Waals surface area contributed by atoms with Gasteiger partial charge in [0.05, 0.1) is 17.9 Å². The topological polar surface area (TPSA) is 61.9 Å². The third-order valence-corrected chi connectivity index (χ3v) is 4.40. The number of benzene rings is 2. The fourth-order valence-corrected chi connectivity index (χ4v) is 3.06. The number of para-hydroxylation sites is 1. The smallest absolute Gasteiger partial charge is 0.418 e. The van der Waals surface area contributed by atoms with Crippen LogP contribution in [0.4, 0.5) is 29.3 Å². The van der Waals surface area contributed by atoms with E-state index in [1.54, 1.807) is 24.3 Å². The summed E-state index contributed by atoms with van der Waals surface area (Å²) in [5.74, 6) is -0.00828. The normalized spacial score (nSPS) is 14.3. The Morgan fingerprint density at radius 1 is 1.10 bits per heavy atom. The molecule has 0 saturated carbocycles. The number of alkyl halides is 3. The Hall–Kier alpha value is -3.23. The molecule has 9 heteroatoms. The number of hydrogen-bond donors (Lipinski definition) is 1. The van der Waals surface area contributed by atoms with Gasteiger partial charge < -0.3 is 15.0 Å². The van der Waals surface area contributed by atoms with E-state index >= 15 is 0 Å². The van der Waals surface area contributed by atoms with Crippen molar-refractivity contribution < 1.29 is 27.5 Å². The summed E-state index contributed by atoms with van der Waals surface area (Å²) in [6.07, 6.45) is -4.59. The molecule has 2 aromatic carbocycles. The van der Waals surface area contributed by atoms with Gasteiger partial charge in [0.2, 0.25) is 5.91 Å². The highest BCUT2D eigenvalue weighted by Crippen LogP contribution is 2.34. The summed E-state index contributed by atoms with van der Waals surface area (Å²) in [6, 6.07) is 11.3. The molecule has 1 aliphatic rings. The van der Waals surface area contributed by atoms with E-state index < -0.39 is 17.6 Å². The summed E-state index contributed by atoms with van der Waals surface area (Å²) < 4.78 is 44.5. The Bertz CT molecular complexity index is 885. The van der Waals surface area contributed by atoms with Gasteiger partial charge in [-0.15, -0.1) is 0 Å². The van der Waals surface area contributed by atoms with Crippen LogP contribution in [0.2, 0.25) is 0 Å². The predicted octanol–water partition coefficient (Wildman–Crippen LogP) is 3.98. The van der Waals surface area contributed by atoms with Crippen LogP contribution in [-0.4, -0.2) is 43.1 Å². The van der Waals surface area contributed by atoms with Crippen LogP contribution in [0.15, 0.2) is 48.5 Å². The lowest BCUT2D eigenvalue weighted by molar-refractivity contribution is -0.137. The summed E-state index contributed by atoms with van der Waals surface area (Å²) in [5, 5.41) is 2.25. The summed E-state index contributed by atoms with van der Waals surface area (Å²) >= 11 is 0. The molecule has 1 aliphatic heterocycles. The number of carbonyl (C=O) groups is 2. The molecule has 0 aliphatic carbocycles. The Morgan fingerprint density at radius 2 is 1.79 bits per heavy atom. The van der Waals surface area contributed by atoms with Gasteiger partial charge in [0.1, 0.15) is 12.3 Å². The van der Waals surface area contributed by atoms with Gasteiger partial charge in [-0.2, -0.15) is 13.2 Å². The second-order valence-corrected chi connectivity index (χ2v) is 6.37. The minimum atomic E-state index is -4.59. The van der Waals surface area contributed by atoms with E-state index in [0.29, 0.717) is 31.1 Å². The Kier molecular flexibility index (Phi) is 5.95. The number of rotatable bonds is 6. The first-order chi connectivity index (χ1) is 13.8. The van der Waals surface area contributed by atoms with Gasteiger partial charge in [-0.25, -0.2) is 4.79 Å². The zero-order valence-electron chi connectivity index (χ0n) is 15.7. The third-order valence-electron chi connectivity index (χ3n) is 4.40. The fraction of sp³-hybridized carbons (Fsp3) is 0.300. The monoisotopic (exact) mass is 407 g/mol. The molecule has 0 atom stereocenters. The molecule has 0 unspecified atom stereocenters. The van der Waals surface area contributed by atoms with Crippen molar-refractivity contribution in [3.05, 3.63) is 54.1 Å². The number of halogens is 3. The van der Waals surface area contributed by atoms with E-state index in [4.69, 9.17) is 4.74 Å². The molecule has 0 spiro atoms. The van der Waals surface area contributed by atoms with Crippen molar-refractivity contribution in [3.8, 4) is 5.75 Å². The average molecular weight is 407 g/mol. The van der Waals surface area contributed by atoms with Crippen LogP contribution in [0.25, 0.3) is 0 Å². The number of urea groups is 1. The molecule has 29 heavy (non-hydrogen) atoms. The first-order valence-electron chi connectivity index (χ1n) is 9.05. The highest BCUT2D eigenvalue weighted by Gasteiger charge is 2.34. The lowest BCUT2D eigenvalue weighted by Crippen LogP contribution is -2.37. The van der Waals surface area contributed by atoms with E-state index in [-0.39, 0.29) is 18.3 Å². The maximum Gasteiger partial charge on any atom is 0.418 e. The van der Waals surface area contributed by atoms with E-state index in [1.165, 1.54) is 28.0 Å². The van der Waals surface area contributed by atoms with Crippen molar-refractivity contribution in [2.24, 2.45) is 0 Å². The number of hydrogen-bond acceptors (Lipinski definition) is 3. The minimum Gasteiger partial charge on any atom is -0.494 e. The zero-order chi connectivity index (χ0) is 21.0. The maximum atomic E-state index is 13.1. The molecule has 6 nitrogen and oxygen atoms in total. The lowest BCUT2D eigenvalue weighted by Gasteiger charge is -2.19. The number of anilines is 2. The van der Waals surface area contributed by atoms with Gasteiger partial charge in [-0.3, -0.25) is 9.69 Å². The summed E-state index contributed by atoms with van der Waals surface area (Å²) in [6.45, 7) is 2.73. The molecule has 0 bridgehead atoms. The molecule has 1 fully saturated rings. The molecule has 2 aromatic rings. The van der Waals surface area contributed by atoms with Gasteiger partial charge in [0.15, 0.2) is 0 Å². The summed E-state index contributed by atoms with van der Waals surface area (Å²) in [7, 11) is 0. The largest absolute Gasteiger partial charge is 0.494 e. The highest BCUT2D eigenvalue weighted by molar-refractivity contribution is 5.99. The van der Waals surface area contributed by atoms with E-state index in [1.807, 2.05) is 6.92 Å². The highest BCUT2D eigenvalue weighted by atomic mass is 19.4. The molecular formula is C20H20F3N3O3. The van der Waals surface area contributed by atoms with Gasteiger partial charge >= 0.3 is 12.2 Å². The van der Waals surface area contributed by atoms with Crippen molar-refractivity contribution in [3.63, 3.8) is 0 Å². The van der Waals surface area contributed by atoms with Gasteiger partial charge in [-0.05, 0) is 43.3 Å². The van der Waals surface area contributed by atoms with Crippen molar-refractivity contribution >= 4 is 23.3 Å². The van der Waals surface area contributed by atoms with Crippen LogP contribution < -0.4 is 15.0 Å². The van der Waals surface area contributed by atoms with Crippen LogP contribution in [0.3, 0.4) is 0 Å². The van der Waals surface area contributed by atoms with Gasteiger partial charge in [0, 0.05) is 18.8 Å². The molecule has 1 N–H and O–H groups in total. The maximum absolute atomic E-state index is 13.1. The van der Waals surface area contributed by atoms with Crippen molar-refractivity contribution in [2.45, 2.75) is 13.1 Å². The van der Waals surface area contributed by atoms with E-state index in [2.05, 4.69) is 5.32 Å². The van der Waals surface area contributed by atoms with E-state index in [0.717, 1.165) is 6.07 Å². The first-order valence-corrected chi connectivity index (χ1v) is 9.05. The minimum absolute atomic E-state index is 0.292. The zero-order valence-corrected chi connectivity index (χ0v) is 15.7. The fourth-order valence-electron chi connectivity index (χ4n) is 3.06. The lowest BCUT2D eigenvalue weighted by atomic mass is 10.1. The molecule has 0 aromatic heterocycles. The number of nitrogens with zero attached hydrogens (tertiary/aromatic N) is 2. The summed E-state index contributed by atoms with van der Waals surface area (Å²) in [4.78, 5) is 27.6. The van der Waals surface area contributed by atoms with Crippen LogP contribution >= 0.6 is 0 Å². The second-order valence-electron chi connectivity index (χ2n) is 6.37. The van der Waals surface area contributed by atoms with Crippen LogP contribution in [0.1, 0.15) is 12.5 Å². The number of ether oxygens (including phenoxy) is 1. The molecule has 1 heterocycles. The predicted molar refractivity (Wildman–Crippen MR) is 102 cm³/mol. The van der Waals surface area contributed by atoms with Gasteiger partial charge in [-0.1, -0.05) is 12.1 Å². The van der Waals surface area contributed by atoms with Crippen molar-refractivity contribution in [1.82, 2.24) is 4.90 Å². The molecule has 1 saturated heterocycles. The second kappa shape index (κ2) is 8.42. The van der Waals surface area contributed by atoms with Crippen LogP contribution in [0, 0.1) is 0 Å². The molecule has 3 rings (SSSR count). The molecular weight excluding hydrogens is 387 g/mol. The molecule has 154 valence electrons. The SMILES string of the molecule is CCOc1ccc(N2CCN(CC(=O)Nc3ccccc3C(F)(F)F)C2=O)cc1. The summed E-state index contributed by atoms with van der Waals surface area (Å²) in [5.41, 5.74) is -0.610. The number of carbonyl (C=O) groups excluding carboxylic acids is 2. The Morgan fingerprint density at radius 3 is 2.45 bits per heavy atom. The first kappa shape index (κ1) is 20.5. The van der Waals surface area contributed by atoms with Crippen molar-refractivity contribution in [1.29, 1.82) is 0 Å². The standard InChI is InChI=1S/C20H20F3N3O3/c1-2-29-15-9-7-14(8-10-15)26-12-11-25(19(26)28)13-18(27)24-17-6-4-3-5-16(17)20(21,22)23/h3-10H,2,11-13H2,1H3,(H,24,27). The van der Waals surface area contributed by atoms with E-state index in [9.17, 15) is 22.8 Å². The number of amides is 3. The quantitative estimate of drug-likeness (QED) is 0.788. The Labute approximate surface area is 165 Å². The van der Waals surface area contributed by atoms with Gasteiger partial charge in [0.25, 0.3) is 0 Å². The van der Waals surface area contributed by atoms with Crippen LogP contribution in [-0.2, 0) is 11.0 Å².